The van der Waals surface area contributed by atoms with Gasteiger partial charge in [0.1, 0.15) is 5.75 Å². The number of hydrogen-bond donors (Lipinski definition) is 3. The Hall–Kier alpha value is -1.75. The van der Waals surface area contributed by atoms with Crippen molar-refractivity contribution < 1.29 is 14.6 Å². The molecule has 0 aromatic heterocycles. The Balaban J connectivity index is 2.82. The average molecular weight is 280 g/mol. The van der Waals surface area contributed by atoms with Crippen LogP contribution >= 0.6 is 0 Å². The van der Waals surface area contributed by atoms with E-state index >= 15 is 0 Å². The van der Waals surface area contributed by atoms with E-state index in [0.717, 1.165) is 12.8 Å². The summed E-state index contributed by atoms with van der Waals surface area (Å²) in [5.41, 5.74) is 6.34. The minimum absolute atomic E-state index is 0.0495. The summed E-state index contributed by atoms with van der Waals surface area (Å²) in [6.07, 6.45) is 1.60. The number of nitrogens with two attached hydrogens (primary N) is 1. The number of ether oxygens (including phenoxy) is 1. The van der Waals surface area contributed by atoms with Gasteiger partial charge in [0.05, 0.1) is 25.0 Å². The third kappa shape index (κ3) is 3.42. The number of aliphatic hydroxyl groups is 1. The molecule has 0 aliphatic heterocycles. The van der Waals surface area contributed by atoms with Crippen LogP contribution in [0.5, 0.6) is 5.75 Å². The summed E-state index contributed by atoms with van der Waals surface area (Å²) < 4.78 is 5.10. The third-order valence-electron chi connectivity index (χ3n) is 3.99. The monoisotopic (exact) mass is 280 g/mol. The van der Waals surface area contributed by atoms with E-state index < -0.39 is 0 Å². The number of rotatable bonds is 7. The predicted molar refractivity (Wildman–Crippen MR) is 79.8 cm³/mol. The van der Waals surface area contributed by atoms with Gasteiger partial charge in [0, 0.05) is 12.0 Å². The zero-order valence-electron chi connectivity index (χ0n) is 12.4. The fourth-order valence-corrected chi connectivity index (χ4v) is 2.06. The smallest absolute Gasteiger partial charge is 0.253 e. The van der Waals surface area contributed by atoms with Crippen molar-refractivity contribution in [2.45, 2.75) is 26.7 Å². The fourth-order valence-electron chi connectivity index (χ4n) is 2.06. The van der Waals surface area contributed by atoms with E-state index in [-0.39, 0.29) is 17.9 Å². The van der Waals surface area contributed by atoms with Crippen LogP contribution in [0.1, 0.15) is 37.0 Å². The van der Waals surface area contributed by atoms with Gasteiger partial charge in [0.15, 0.2) is 0 Å². The molecule has 0 saturated carbocycles. The number of methoxy groups -OCH3 is 1. The maximum absolute atomic E-state index is 12.2. The van der Waals surface area contributed by atoms with Crippen molar-refractivity contribution in [3.63, 3.8) is 0 Å². The highest BCUT2D eigenvalue weighted by Gasteiger charge is 2.26. The van der Waals surface area contributed by atoms with Crippen molar-refractivity contribution in [3.05, 3.63) is 23.8 Å². The molecule has 5 nitrogen and oxygen atoms in total. The quantitative estimate of drug-likeness (QED) is 0.665. The summed E-state index contributed by atoms with van der Waals surface area (Å²) >= 11 is 0. The molecule has 1 aromatic carbocycles. The van der Waals surface area contributed by atoms with E-state index in [0.29, 0.717) is 23.5 Å². The van der Waals surface area contributed by atoms with E-state index in [9.17, 15) is 9.90 Å². The summed E-state index contributed by atoms with van der Waals surface area (Å²) in [6, 6.07) is 5.09. The molecule has 0 aliphatic carbocycles. The Morgan fingerprint density at radius 2 is 2.05 bits per heavy atom. The molecule has 0 spiro atoms. The molecular weight excluding hydrogens is 256 g/mol. The molecule has 5 heteroatoms. The van der Waals surface area contributed by atoms with Gasteiger partial charge in [0.2, 0.25) is 0 Å². The number of para-hydroxylation sites is 1. The number of nitrogen functional groups attached to an aromatic ring is 1. The lowest BCUT2D eigenvalue weighted by molar-refractivity contribution is 0.0851. The van der Waals surface area contributed by atoms with Crippen molar-refractivity contribution >= 4 is 11.6 Å². The van der Waals surface area contributed by atoms with E-state index in [1.807, 2.05) is 13.8 Å². The first-order valence-corrected chi connectivity index (χ1v) is 6.85. The molecule has 4 N–H and O–H groups in total. The normalized spacial score (nSPS) is 11.2. The van der Waals surface area contributed by atoms with E-state index in [2.05, 4.69) is 5.32 Å². The third-order valence-corrected chi connectivity index (χ3v) is 3.99. The van der Waals surface area contributed by atoms with E-state index in [1.165, 1.54) is 7.11 Å². The summed E-state index contributed by atoms with van der Waals surface area (Å²) in [7, 11) is 1.51. The number of carbonyl (C=O) groups is 1. The Labute approximate surface area is 120 Å². The summed E-state index contributed by atoms with van der Waals surface area (Å²) in [6.45, 7) is 4.48. The molecule has 112 valence electrons. The standard InChI is InChI=1S/C15H24N2O3/c1-4-15(5-2,10-18)9-17-14(19)11-7-6-8-12(20-3)13(11)16/h6-8,18H,4-5,9-10,16H2,1-3H3,(H,17,19). The fraction of sp³-hybridized carbons (Fsp3) is 0.533. The molecule has 0 heterocycles. The molecule has 1 aromatic rings. The molecule has 1 amide bonds. The van der Waals surface area contributed by atoms with Crippen LogP contribution in [0, 0.1) is 5.41 Å². The lowest BCUT2D eigenvalue weighted by atomic mass is 9.83. The Morgan fingerprint density at radius 1 is 1.40 bits per heavy atom. The van der Waals surface area contributed by atoms with Crippen molar-refractivity contribution in [1.29, 1.82) is 0 Å². The number of hydrogen-bond acceptors (Lipinski definition) is 4. The van der Waals surface area contributed by atoms with Crippen LogP contribution in [0.15, 0.2) is 18.2 Å². The summed E-state index contributed by atoms with van der Waals surface area (Å²) in [4.78, 5) is 12.2. The van der Waals surface area contributed by atoms with Crippen molar-refractivity contribution in [2.24, 2.45) is 5.41 Å². The van der Waals surface area contributed by atoms with Crippen molar-refractivity contribution in [3.8, 4) is 5.75 Å². The average Bonchev–Trinajstić information content (AvgIpc) is 2.49. The summed E-state index contributed by atoms with van der Waals surface area (Å²) in [5.74, 6) is 0.234. The van der Waals surface area contributed by atoms with Crippen LogP contribution in [-0.2, 0) is 0 Å². The highest BCUT2D eigenvalue weighted by molar-refractivity contribution is 6.00. The minimum Gasteiger partial charge on any atom is -0.495 e. The van der Waals surface area contributed by atoms with Gasteiger partial charge in [-0.05, 0) is 25.0 Å². The lowest BCUT2D eigenvalue weighted by Gasteiger charge is -2.29. The molecule has 0 saturated heterocycles. The molecule has 0 bridgehead atoms. The number of amides is 1. The SMILES string of the molecule is CCC(CC)(CO)CNC(=O)c1cccc(OC)c1N. The van der Waals surface area contributed by atoms with Gasteiger partial charge < -0.3 is 20.9 Å². The van der Waals surface area contributed by atoms with Crippen LogP contribution in [0.25, 0.3) is 0 Å². The molecule has 20 heavy (non-hydrogen) atoms. The predicted octanol–water partition coefficient (Wildman–Crippen LogP) is 1.81. The van der Waals surface area contributed by atoms with E-state index in [4.69, 9.17) is 10.5 Å². The topological polar surface area (TPSA) is 84.6 Å². The van der Waals surface area contributed by atoms with Crippen LogP contribution in [0.2, 0.25) is 0 Å². The number of anilines is 1. The largest absolute Gasteiger partial charge is 0.495 e. The molecular formula is C15H24N2O3. The number of benzene rings is 1. The van der Waals surface area contributed by atoms with Gasteiger partial charge in [-0.15, -0.1) is 0 Å². The van der Waals surface area contributed by atoms with Gasteiger partial charge in [-0.25, -0.2) is 0 Å². The maximum atomic E-state index is 12.2. The van der Waals surface area contributed by atoms with Crippen LogP contribution in [-0.4, -0.2) is 31.3 Å². The molecule has 0 aliphatic rings. The first-order chi connectivity index (χ1) is 9.53. The van der Waals surface area contributed by atoms with E-state index in [1.54, 1.807) is 18.2 Å². The second kappa shape index (κ2) is 7.14. The summed E-state index contributed by atoms with van der Waals surface area (Å²) in [5, 5.41) is 12.4. The molecule has 0 fully saturated rings. The number of aliphatic hydroxyl groups excluding tert-OH is 1. The Kier molecular flexibility index (Phi) is 5.82. The second-order valence-electron chi connectivity index (χ2n) is 4.97. The first-order valence-electron chi connectivity index (χ1n) is 6.85. The molecule has 0 atom stereocenters. The zero-order valence-corrected chi connectivity index (χ0v) is 12.4. The highest BCUT2D eigenvalue weighted by Crippen LogP contribution is 2.26. The van der Waals surface area contributed by atoms with Gasteiger partial charge in [-0.1, -0.05) is 19.9 Å². The Morgan fingerprint density at radius 3 is 2.55 bits per heavy atom. The second-order valence-corrected chi connectivity index (χ2v) is 4.97. The lowest BCUT2D eigenvalue weighted by Crippen LogP contribution is -2.39. The number of nitrogens with one attached hydrogen (secondary N) is 1. The minimum atomic E-state index is -0.275. The first kappa shape index (κ1) is 16.3. The van der Waals surface area contributed by atoms with Crippen molar-refractivity contribution in [1.82, 2.24) is 5.32 Å². The van der Waals surface area contributed by atoms with Crippen molar-refractivity contribution in [2.75, 3.05) is 26.0 Å². The van der Waals surface area contributed by atoms with Gasteiger partial charge >= 0.3 is 0 Å². The van der Waals surface area contributed by atoms with Crippen LogP contribution in [0.3, 0.4) is 0 Å². The number of carbonyl (C=O) groups excluding carboxylic acids is 1. The zero-order chi connectivity index (χ0) is 15.2. The van der Waals surface area contributed by atoms with Crippen LogP contribution in [0.4, 0.5) is 5.69 Å². The Bertz CT molecular complexity index is 448. The van der Waals surface area contributed by atoms with Gasteiger partial charge in [0.25, 0.3) is 5.91 Å². The maximum Gasteiger partial charge on any atom is 0.253 e. The highest BCUT2D eigenvalue weighted by atomic mass is 16.5. The molecule has 1 rings (SSSR count). The molecule has 0 unspecified atom stereocenters. The van der Waals surface area contributed by atoms with Gasteiger partial charge in [-0.3, -0.25) is 4.79 Å². The van der Waals surface area contributed by atoms with Gasteiger partial charge in [-0.2, -0.15) is 0 Å². The molecule has 0 radical (unpaired) electrons. The van der Waals surface area contributed by atoms with Crippen LogP contribution < -0.4 is 15.8 Å².